The van der Waals surface area contributed by atoms with Crippen LogP contribution in [0.25, 0.3) is 0 Å². The van der Waals surface area contributed by atoms with Crippen molar-refractivity contribution in [3.05, 3.63) is 16.6 Å². The van der Waals surface area contributed by atoms with Crippen molar-refractivity contribution in [2.45, 2.75) is 25.8 Å². The number of carbonyl (C=O) groups excluding carboxylic acids is 3. The Morgan fingerprint density at radius 1 is 1.48 bits per heavy atom. The summed E-state index contributed by atoms with van der Waals surface area (Å²) < 4.78 is 3.99. The van der Waals surface area contributed by atoms with Gasteiger partial charge in [-0.1, -0.05) is 0 Å². The summed E-state index contributed by atoms with van der Waals surface area (Å²) in [4.78, 5) is 38.1. The number of likely N-dealkylation sites (N-methyl/N-ethyl adjacent to an activating group) is 1. The molecule has 1 unspecified atom stereocenters. The molecule has 1 aromatic rings. The number of hydrogen-bond donors (Lipinski definition) is 2. The number of amides is 3. The Morgan fingerprint density at radius 2 is 2.24 bits per heavy atom. The van der Waals surface area contributed by atoms with Gasteiger partial charge in [0, 0.05) is 18.5 Å². The summed E-state index contributed by atoms with van der Waals surface area (Å²) >= 11 is 1.24. The molecule has 0 bridgehead atoms. The quantitative estimate of drug-likeness (QED) is 0.813. The third-order valence-corrected chi connectivity index (χ3v) is 4.08. The standard InChI is InChI=1S/C13H18N4O3S/c1-8-6-9(16-21-8)12(19)15-7-11(18)17-5-3-4-10(17)13(20)14-2/h6,10H,3-5,7H2,1-2H3,(H,14,20)(H,15,19). The van der Waals surface area contributed by atoms with Gasteiger partial charge in [-0.05, 0) is 37.4 Å². The predicted molar refractivity (Wildman–Crippen MR) is 78.0 cm³/mol. The van der Waals surface area contributed by atoms with E-state index in [0.29, 0.717) is 18.7 Å². The van der Waals surface area contributed by atoms with Crippen LogP contribution < -0.4 is 10.6 Å². The van der Waals surface area contributed by atoms with Gasteiger partial charge in [0.15, 0.2) is 0 Å². The highest BCUT2D eigenvalue weighted by atomic mass is 32.1. The predicted octanol–water partition coefficient (Wildman–Crippen LogP) is -0.0817. The molecule has 3 amide bonds. The van der Waals surface area contributed by atoms with E-state index in [9.17, 15) is 14.4 Å². The maximum absolute atomic E-state index is 12.1. The van der Waals surface area contributed by atoms with Crippen LogP contribution in [0, 0.1) is 6.92 Å². The number of carbonyl (C=O) groups is 3. The Bertz CT molecular complexity index is 557. The minimum absolute atomic E-state index is 0.122. The molecule has 2 N–H and O–H groups in total. The van der Waals surface area contributed by atoms with Gasteiger partial charge in [0.2, 0.25) is 11.8 Å². The van der Waals surface area contributed by atoms with Crippen molar-refractivity contribution in [2.75, 3.05) is 20.1 Å². The van der Waals surface area contributed by atoms with Crippen molar-refractivity contribution in [3.8, 4) is 0 Å². The van der Waals surface area contributed by atoms with Crippen molar-refractivity contribution in [3.63, 3.8) is 0 Å². The number of aryl methyl sites for hydroxylation is 1. The van der Waals surface area contributed by atoms with E-state index in [0.717, 1.165) is 11.3 Å². The third kappa shape index (κ3) is 3.57. The first-order valence-electron chi connectivity index (χ1n) is 6.75. The molecule has 1 aromatic heterocycles. The molecule has 0 spiro atoms. The van der Waals surface area contributed by atoms with Gasteiger partial charge in [-0.25, -0.2) is 0 Å². The van der Waals surface area contributed by atoms with Crippen molar-refractivity contribution in [1.82, 2.24) is 19.9 Å². The van der Waals surface area contributed by atoms with Gasteiger partial charge in [-0.15, -0.1) is 0 Å². The van der Waals surface area contributed by atoms with Gasteiger partial charge in [0.25, 0.3) is 5.91 Å². The maximum Gasteiger partial charge on any atom is 0.271 e. The van der Waals surface area contributed by atoms with E-state index in [-0.39, 0.29) is 24.3 Å². The summed E-state index contributed by atoms with van der Waals surface area (Å²) in [7, 11) is 1.55. The fourth-order valence-electron chi connectivity index (χ4n) is 2.33. The zero-order valence-electron chi connectivity index (χ0n) is 12.0. The maximum atomic E-state index is 12.1. The van der Waals surface area contributed by atoms with Crippen molar-refractivity contribution < 1.29 is 14.4 Å². The van der Waals surface area contributed by atoms with Gasteiger partial charge in [0.1, 0.15) is 11.7 Å². The van der Waals surface area contributed by atoms with Crippen LogP contribution in [-0.2, 0) is 9.59 Å². The highest BCUT2D eigenvalue weighted by Crippen LogP contribution is 2.17. The van der Waals surface area contributed by atoms with Gasteiger partial charge in [0.05, 0.1) is 6.54 Å². The lowest BCUT2D eigenvalue weighted by atomic mass is 10.2. The van der Waals surface area contributed by atoms with Gasteiger partial charge < -0.3 is 15.5 Å². The zero-order valence-corrected chi connectivity index (χ0v) is 12.8. The van der Waals surface area contributed by atoms with Crippen molar-refractivity contribution in [2.24, 2.45) is 0 Å². The molecule has 0 radical (unpaired) electrons. The largest absolute Gasteiger partial charge is 0.357 e. The Morgan fingerprint density at radius 3 is 2.86 bits per heavy atom. The summed E-state index contributed by atoms with van der Waals surface area (Å²) in [5.74, 6) is -0.785. The first-order valence-corrected chi connectivity index (χ1v) is 7.53. The summed E-state index contributed by atoms with van der Waals surface area (Å²) in [6.07, 6.45) is 1.45. The van der Waals surface area contributed by atoms with Crippen molar-refractivity contribution in [1.29, 1.82) is 0 Å². The summed E-state index contributed by atoms with van der Waals surface area (Å²) in [5, 5.41) is 5.11. The normalized spacial score (nSPS) is 17.6. The van der Waals surface area contributed by atoms with Crippen LogP contribution in [0.1, 0.15) is 28.2 Å². The van der Waals surface area contributed by atoms with Crippen LogP contribution in [0.15, 0.2) is 6.07 Å². The zero-order chi connectivity index (χ0) is 15.4. The number of rotatable bonds is 4. The number of likely N-dealkylation sites (tertiary alicyclic amines) is 1. The van der Waals surface area contributed by atoms with Crippen LogP contribution in [0.3, 0.4) is 0 Å². The molecule has 8 heteroatoms. The Kier molecular flexibility index (Phi) is 4.89. The van der Waals surface area contributed by atoms with E-state index in [4.69, 9.17) is 0 Å². The molecule has 21 heavy (non-hydrogen) atoms. The first kappa shape index (κ1) is 15.4. The molecule has 114 valence electrons. The van der Waals surface area contributed by atoms with Crippen LogP contribution in [0.4, 0.5) is 0 Å². The number of nitrogens with zero attached hydrogens (tertiary/aromatic N) is 2. The molecule has 1 aliphatic rings. The summed E-state index contributed by atoms with van der Waals surface area (Å²) in [6.45, 7) is 2.28. The summed E-state index contributed by atoms with van der Waals surface area (Å²) in [6, 6.07) is 1.24. The fraction of sp³-hybridized carbons (Fsp3) is 0.538. The molecule has 1 atom stereocenters. The lowest BCUT2D eigenvalue weighted by Crippen LogP contribution is -2.48. The Balaban J connectivity index is 1.89. The van der Waals surface area contributed by atoms with Crippen LogP contribution in [0.2, 0.25) is 0 Å². The van der Waals surface area contributed by atoms with Gasteiger partial charge in [-0.2, -0.15) is 4.37 Å². The topological polar surface area (TPSA) is 91.4 Å². The first-order chi connectivity index (χ1) is 10.0. The monoisotopic (exact) mass is 310 g/mol. The minimum Gasteiger partial charge on any atom is -0.357 e. The van der Waals surface area contributed by atoms with E-state index in [1.54, 1.807) is 13.1 Å². The lowest BCUT2D eigenvalue weighted by Gasteiger charge is -2.23. The molecule has 2 heterocycles. The fourth-order valence-corrected chi connectivity index (χ4v) is 2.87. The van der Waals surface area contributed by atoms with E-state index in [1.165, 1.54) is 16.4 Å². The molecule has 7 nitrogen and oxygen atoms in total. The second-order valence-electron chi connectivity index (χ2n) is 4.86. The molecular formula is C13H18N4O3S. The molecular weight excluding hydrogens is 292 g/mol. The average molecular weight is 310 g/mol. The number of hydrogen-bond acceptors (Lipinski definition) is 5. The Labute approximate surface area is 126 Å². The van der Waals surface area contributed by atoms with E-state index >= 15 is 0 Å². The van der Waals surface area contributed by atoms with Crippen molar-refractivity contribution >= 4 is 29.3 Å². The van der Waals surface area contributed by atoms with Gasteiger partial charge >= 0.3 is 0 Å². The van der Waals surface area contributed by atoms with Gasteiger partial charge in [-0.3, -0.25) is 14.4 Å². The minimum atomic E-state index is -0.430. The highest BCUT2D eigenvalue weighted by Gasteiger charge is 2.33. The lowest BCUT2D eigenvalue weighted by molar-refractivity contribution is -0.137. The molecule has 1 aliphatic heterocycles. The SMILES string of the molecule is CNC(=O)C1CCCN1C(=O)CNC(=O)c1cc(C)sn1. The smallest absolute Gasteiger partial charge is 0.271 e. The van der Waals surface area contributed by atoms with E-state index in [2.05, 4.69) is 15.0 Å². The molecule has 0 aromatic carbocycles. The summed E-state index contributed by atoms with van der Waals surface area (Å²) in [5.41, 5.74) is 0.314. The number of nitrogens with one attached hydrogen (secondary N) is 2. The number of aromatic nitrogens is 1. The molecule has 1 fully saturated rings. The van der Waals surface area contributed by atoms with Crippen LogP contribution in [0.5, 0.6) is 0 Å². The molecule has 1 saturated heterocycles. The van der Waals surface area contributed by atoms with Crippen LogP contribution >= 0.6 is 11.5 Å². The molecule has 0 aliphatic carbocycles. The third-order valence-electron chi connectivity index (χ3n) is 3.38. The molecule has 0 saturated carbocycles. The van der Waals surface area contributed by atoms with E-state index < -0.39 is 6.04 Å². The van der Waals surface area contributed by atoms with E-state index in [1.807, 2.05) is 6.92 Å². The second kappa shape index (κ2) is 6.66. The molecule has 2 rings (SSSR count). The van der Waals surface area contributed by atoms with Crippen LogP contribution in [-0.4, -0.2) is 53.2 Å². The Hall–Kier alpha value is -1.96. The average Bonchev–Trinajstić information content (AvgIpc) is 3.12. The highest BCUT2D eigenvalue weighted by molar-refractivity contribution is 7.05. The second-order valence-corrected chi connectivity index (χ2v) is 5.87.